The molecule has 0 aromatic carbocycles. The molecule has 1 fully saturated rings. The van der Waals surface area contributed by atoms with Crippen LogP contribution in [0.2, 0.25) is 0 Å². The number of alkyl carbamates (subject to hydrolysis) is 2. The van der Waals surface area contributed by atoms with E-state index < -0.39 is 24.1 Å². The molecule has 2 amide bonds. The van der Waals surface area contributed by atoms with Gasteiger partial charge >= 0.3 is 24.1 Å². The Morgan fingerprint density at radius 3 is 1.93 bits per heavy atom. The largest absolute Gasteiger partial charge is 0.462 e. The Morgan fingerprint density at radius 2 is 1.40 bits per heavy atom. The van der Waals surface area contributed by atoms with Gasteiger partial charge in [-0.3, -0.25) is 9.59 Å². The second-order valence-electron chi connectivity index (χ2n) is 8.21. The fourth-order valence-electron chi connectivity index (χ4n) is 3.53. The molecule has 3 atom stereocenters. The number of amides is 2. The fourth-order valence-corrected chi connectivity index (χ4v) is 3.53. The minimum Gasteiger partial charge on any atom is -0.462 e. The summed E-state index contributed by atoms with van der Waals surface area (Å²) in [7, 11) is 0. The molecule has 0 aromatic heterocycles. The molecular formula is C20H34N2O8. The predicted octanol–water partition coefficient (Wildman–Crippen LogP) is 2.15. The molecule has 30 heavy (non-hydrogen) atoms. The molecule has 10 nitrogen and oxygen atoms in total. The molecule has 1 aliphatic carbocycles. The molecule has 3 unspecified atom stereocenters. The first-order valence-corrected chi connectivity index (χ1v) is 10.1. The lowest BCUT2D eigenvalue weighted by atomic mass is 9.68. The summed E-state index contributed by atoms with van der Waals surface area (Å²) >= 11 is 0. The number of hydrogen-bond acceptors (Lipinski definition) is 8. The van der Waals surface area contributed by atoms with Crippen LogP contribution in [0.15, 0.2) is 0 Å². The first kappa shape index (κ1) is 25.5. The van der Waals surface area contributed by atoms with Crippen LogP contribution >= 0.6 is 0 Å². The lowest BCUT2D eigenvalue weighted by Gasteiger charge is -2.43. The van der Waals surface area contributed by atoms with Crippen molar-refractivity contribution in [1.29, 1.82) is 0 Å². The molecule has 0 spiro atoms. The van der Waals surface area contributed by atoms with Crippen molar-refractivity contribution >= 4 is 24.1 Å². The molecule has 10 heteroatoms. The van der Waals surface area contributed by atoms with Crippen LogP contribution in [0.3, 0.4) is 0 Å². The van der Waals surface area contributed by atoms with E-state index in [2.05, 4.69) is 24.5 Å². The van der Waals surface area contributed by atoms with E-state index >= 15 is 0 Å². The molecule has 0 aliphatic heterocycles. The fraction of sp³-hybridized carbons (Fsp3) is 0.800. The first-order valence-electron chi connectivity index (χ1n) is 10.1. The number of esters is 2. The quantitative estimate of drug-likeness (QED) is 0.323. The molecule has 2 N–H and O–H groups in total. The average molecular weight is 430 g/mol. The number of carbonyl (C=O) groups is 4. The van der Waals surface area contributed by atoms with Gasteiger partial charge in [-0.15, -0.1) is 0 Å². The van der Waals surface area contributed by atoms with Crippen molar-refractivity contribution in [3.63, 3.8) is 0 Å². The van der Waals surface area contributed by atoms with Crippen molar-refractivity contribution in [3.05, 3.63) is 0 Å². The predicted molar refractivity (Wildman–Crippen MR) is 107 cm³/mol. The van der Waals surface area contributed by atoms with Gasteiger partial charge in [0.05, 0.1) is 0 Å². The summed E-state index contributed by atoms with van der Waals surface area (Å²) in [5.41, 5.74) is 0.0381. The highest BCUT2D eigenvalue weighted by molar-refractivity contribution is 5.69. The van der Waals surface area contributed by atoms with Crippen molar-refractivity contribution in [2.75, 3.05) is 26.4 Å². The summed E-state index contributed by atoms with van der Waals surface area (Å²) in [5.74, 6) is -0.890. The SMILES string of the molecule is CC(=O)OCCOC(=O)NC(C)C1CCC(C)(C)CC1NC(=O)OCCOC(C)=O. The van der Waals surface area contributed by atoms with Gasteiger partial charge in [0, 0.05) is 25.9 Å². The van der Waals surface area contributed by atoms with Crippen molar-refractivity contribution in [1.82, 2.24) is 10.6 Å². The standard InChI is InChI=1S/C20H34N2O8/c1-13(21-18(25)29-10-8-27-14(2)23)16-6-7-20(4,5)12-17(16)22-19(26)30-11-9-28-15(3)24/h13,16-17H,6-12H2,1-5H3,(H,21,25)(H,22,26). The Kier molecular flexibility index (Phi) is 10.4. The minimum absolute atomic E-state index is 0.000513. The van der Waals surface area contributed by atoms with Gasteiger partial charge in [-0.2, -0.15) is 0 Å². The van der Waals surface area contributed by atoms with Crippen LogP contribution in [-0.4, -0.2) is 62.6 Å². The monoisotopic (exact) mass is 430 g/mol. The number of ether oxygens (including phenoxy) is 4. The van der Waals surface area contributed by atoms with Crippen molar-refractivity contribution in [2.24, 2.45) is 11.3 Å². The van der Waals surface area contributed by atoms with Gasteiger partial charge in [0.1, 0.15) is 26.4 Å². The smallest absolute Gasteiger partial charge is 0.407 e. The number of nitrogens with one attached hydrogen (secondary N) is 2. The van der Waals surface area contributed by atoms with E-state index in [1.54, 1.807) is 0 Å². The highest BCUT2D eigenvalue weighted by Gasteiger charge is 2.39. The summed E-state index contributed by atoms with van der Waals surface area (Å²) in [4.78, 5) is 45.6. The molecule has 1 rings (SSSR count). The zero-order valence-electron chi connectivity index (χ0n) is 18.4. The van der Waals surface area contributed by atoms with Crippen LogP contribution in [0.4, 0.5) is 9.59 Å². The molecule has 0 bridgehead atoms. The third-order valence-corrected chi connectivity index (χ3v) is 4.98. The number of rotatable bonds is 9. The van der Waals surface area contributed by atoms with E-state index in [0.717, 1.165) is 19.3 Å². The molecule has 172 valence electrons. The van der Waals surface area contributed by atoms with Gasteiger partial charge in [0.15, 0.2) is 0 Å². The van der Waals surface area contributed by atoms with Crippen molar-refractivity contribution < 1.29 is 38.1 Å². The van der Waals surface area contributed by atoms with E-state index in [4.69, 9.17) is 18.9 Å². The second-order valence-corrected chi connectivity index (χ2v) is 8.21. The van der Waals surface area contributed by atoms with Crippen LogP contribution in [-0.2, 0) is 28.5 Å². The molecule has 1 saturated carbocycles. The molecule has 0 heterocycles. The summed E-state index contributed by atoms with van der Waals surface area (Å²) in [5, 5.41) is 5.66. The van der Waals surface area contributed by atoms with Gasteiger partial charge in [0.2, 0.25) is 0 Å². The zero-order valence-corrected chi connectivity index (χ0v) is 18.4. The Morgan fingerprint density at radius 1 is 0.900 bits per heavy atom. The van der Waals surface area contributed by atoms with Crippen LogP contribution in [0, 0.1) is 11.3 Å². The van der Waals surface area contributed by atoms with Crippen LogP contribution < -0.4 is 10.6 Å². The number of carbonyl (C=O) groups excluding carboxylic acids is 4. The average Bonchev–Trinajstić information content (AvgIpc) is 2.61. The molecule has 0 saturated heterocycles. The maximum absolute atomic E-state index is 12.2. The maximum atomic E-state index is 12.2. The molecule has 0 radical (unpaired) electrons. The Labute approximate surface area is 177 Å². The van der Waals surface area contributed by atoms with Gasteiger partial charge in [0.25, 0.3) is 0 Å². The summed E-state index contributed by atoms with van der Waals surface area (Å²) < 4.78 is 19.5. The Balaban J connectivity index is 2.55. The van der Waals surface area contributed by atoms with E-state index in [-0.39, 0.29) is 49.8 Å². The van der Waals surface area contributed by atoms with Crippen molar-refractivity contribution in [3.8, 4) is 0 Å². The highest BCUT2D eigenvalue weighted by Crippen LogP contribution is 2.39. The van der Waals surface area contributed by atoms with Gasteiger partial charge in [-0.1, -0.05) is 13.8 Å². The normalized spacial score (nSPS) is 21.0. The highest BCUT2D eigenvalue weighted by atomic mass is 16.6. The number of hydrogen-bond donors (Lipinski definition) is 2. The van der Waals surface area contributed by atoms with Crippen molar-refractivity contribution in [2.45, 2.75) is 66.0 Å². The summed E-state index contributed by atoms with van der Waals surface area (Å²) in [6, 6.07) is -0.458. The second kappa shape index (κ2) is 12.2. The Bertz CT molecular complexity index is 608. The van der Waals surface area contributed by atoms with Gasteiger partial charge in [-0.05, 0) is 37.5 Å². The van der Waals surface area contributed by atoms with E-state index in [0.29, 0.717) is 0 Å². The maximum Gasteiger partial charge on any atom is 0.407 e. The third kappa shape index (κ3) is 10.3. The Hall–Kier alpha value is -2.52. The molecule has 1 aliphatic rings. The lowest BCUT2D eigenvalue weighted by molar-refractivity contribution is -0.142. The molecule has 0 aromatic rings. The van der Waals surface area contributed by atoms with E-state index in [1.807, 2.05) is 6.92 Å². The third-order valence-electron chi connectivity index (χ3n) is 4.98. The molecular weight excluding hydrogens is 396 g/mol. The topological polar surface area (TPSA) is 129 Å². The first-order chi connectivity index (χ1) is 14.0. The van der Waals surface area contributed by atoms with Crippen LogP contribution in [0.1, 0.15) is 53.9 Å². The lowest BCUT2D eigenvalue weighted by Crippen LogP contribution is -2.53. The van der Waals surface area contributed by atoms with Crippen LogP contribution in [0.5, 0.6) is 0 Å². The zero-order chi connectivity index (χ0) is 22.7. The minimum atomic E-state index is -0.609. The summed E-state index contributed by atoms with van der Waals surface area (Å²) in [6.07, 6.45) is 1.28. The van der Waals surface area contributed by atoms with E-state index in [1.165, 1.54) is 13.8 Å². The van der Waals surface area contributed by atoms with Crippen LogP contribution in [0.25, 0.3) is 0 Å². The van der Waals surface area contributed by atoms with E-state index in [9.17, 15) is 19.2 Å². The van der Waals surface area contributed by atoms with Gasteiger partial charge in [-0.25, -0.2) is 9.59 Å². The van der Waals surface area contributed by atoms with Gasteiger partial charge < -0.3 is 29.6 Å². The summed E-state index contributed by atoms with van der Waals surface area (Å²) in [6.45, 7) is 8.61.